The number of hydrogen-bond acceptors (Lipinski definition) is 4. The first-order valence-electron chi connectivity index (χ1n) is 8.76. The van der Waals surface area contributed by atoms with Gasteiger partial charge in [0.2, 0.25) is 0 Å². The normalized spacial score (nSPS) is 17.0. The van der Waals surface area contributed by atoms with E-state index in [1.54, 1.807) is 0 Å². The molecule has 25 heavy (non-hydrogen) atoms. The van der Waals surface area contributed by atoms with E-state index in [0.29, 0.717) is 6.61 Å². The van der Waals surface area contributed by atoms with E-state index in [1.807, 2.05) is 24.3 Å². The van der Waals surface area contributed by atoms with Gasteiger partial charge in [-0.2, -0.15) is 5.26 Å². The second kappa shape index (κ2) is 8.15. The second-order valence-corrected chi connectivity index (χ2v) is 6.72. The molecule has 130 valence electrons. The summed E-state index contributed by atoms with van der Waals surface area (Å²) in [5, 5.41) is 9.68. The van der Waals surface area contributed by atoms with Crippen LogP contribution < -0.4 is 4.74 Å². The van der Waals surface area contributed by atoms with Crippen molar-refractivity contribution in [3.05, 3.63) is 65.2 Å². The Morgan fingerprint density at radius 1 is 1.08 bits per heavy atom. The number of nitriles is 1. The summed E-state index contributed by atoms with van der Waals surface area (Å²) in [6.07, 6.45) is 0. The zero-order valence-electron chi connectivity index (χ0n) is 15.0. The third kappa shape index (κ3) is 4.60. The smallest absolute Gasteiger partial charge is 0.124 e. The molecular weight excluding hydrogens is 310 g/mol. The van der Waals surface area contributed by atoms with E-state index in [2.05, 4.69) is 54.1 Å². The fourth-order valence-electron chi connectivity index (χ4n) is 3.07. The molecular formula is C21H25N3O. The molecule has 0 N–H and O–H groups in total. The van der Waals surface area contributed by atoms with Gasteiger partial charge in [-0.25, -0.2) is 0 Å². The average molecular weight is 335 g/mol. The van der Waals surface area contributed by atoms with Crippen LogP contribution in [0.3, 0.4) is 0 Å². The van der Waals surface area contributed by atoms with Crippen LogP contribution in [-0.2, 0) is 6.61 Å². The highest BCUT2D eigenvalue weighted by Crippen LogP contribution is 2.25. The predicted molar refractivity (Wildman–Crippen MR) is 99.4 cm³/mol. The van der Waals surface area contributed by atoms with Crippen molar-refractivity contribution in [2.75, 3.05) is 33.2 Å². The molecule has 0 amide bonds. The third-order valence-corrected chi connectivity index (χ3v) is 4.73. The molecule has 1 aliphatic heterocycles. The van der Waals surface area contributed by atoms with Crippen LogP contribution >= 0.6 is 0 Å². The van der Waals surface area contributed by atoms with E-state index in [1.165, 1.54) is 5.56 Å². The number of ether oxygens (including phenoxy) is 1. The quantitative estimate of drug-likeness (QED) is 0.840. The first-order valence-corrected chi connectivity index (χ1v) is 8.76. The van der Waals surface area contributed by atoms with Crippen LogP contribution in [0.2, 0.25) is 0 Å². The van der Waals surface area contributed by atoms with Crippen molar-refractivity contribution in [3.8, 4) is 11.8 Å². The average Bonchev–Trinajstić information content (AvgIpc) is 2.64. The Morgan fingerprint density at radius 3 is 2.48 bits per heavy atom. The van der Waals surface area contributed by atoms with Crippen LogP contribution in [-0.4, -0.2) is 43.0 Å². The number of benzene rings is 2. The number of nitrogens with zero attached hydrogens (tertiary/aromatic N) is 3. The molecule has 0 radical (unpaired) electrons. The number of aryl methyl sites for hydroxylation is 1. The molecule has 0 spiro atoms. The van der Waals surface area contributed by atoms with Crippen molar-refractivity contribution in [2.24, 2.45) is 0 Å². The first kappa shape index (κ1) is 17.5. The number of hydrogen-bond donors (Lipinski definition) is 0. The summed E-state index contributed by atoms with van der Waals surface area (Å²) in [6.45, 7) is 6.46. The number of piperazine rings is 1. The minimum atomic E-state index is -0.211. The Bertz CT molecular complexity index is 728. The second-order valence-electron chi connectivity index (χ2n) is 6.72. The molecule has 2 aromatic rings. The lowest BCUT2D eigenvalue weighted by molar-refractivity contribution is 0.132. The van der Waals surface area contributed by atoms with E-state index in [-0.39, 0.29) is 6.04 Å². The van der Waals surface area contributed by atoms with E-state index >= 15 is 0 Å². The largest absolute Gasteiger partial charge is 0.489 e. The highest BCUT2D eigenvalue weighted by molar-refractivity contribution is 5.33. The van der Waals surface area contributed by atoms with E-state index in [4.69, 9.17) is 4.74 Å². The molecule has 0 aliphatic carbocycles. The van der Waals surface area contributed by atoms with Crippen molar-refractivity contribution >= 4 is 0 Å². The molecule has 3 rings (SSSR count). The Hall–Kier alpha value is -2.35. The van der Waals surface area contributed by atoms with Gasteiger partial charge in [0.15, 0.2) is 0 Å². The van der Waals surface area contributed by atoms with Crippen molar-refractivity contribution < 1.29 is 4.74 Å². The minimum absolute atomic E-state index is 0.211. The van der Waals surface area contributed by atoms with E-state index < -0.39 is 0 Å². The molecule has 0 aromatic heterocycles. The lowest BCUT2D eigenvalue weighted by Crippen LogP contribution is -2.45. The molecule has 1 fully saturated rings. The third-order valence-electron chi connectivity index (χ3n) is 4.73. The van der Waals surface area contributed by atoms with Crippen molar-refractivity contribution in [1.82, 2.24) is 9.80 Å². The lowest BCUT2D eigenvalue weighted by atomic mass is 10.1. The maximum Gasteiger partial charge on any atom is 0.124 e. The van der Waals surface area contributed by atoms with Gasteiger partial charge < -0.3 is 9.64 Å². The zero-order valence-corrected chi connectivity index (χ0v) is 15.0. The van der Waals surface area contributed by atoms with Crippen LogP contribution in [0.15, 0.2) is 48.5 Å². The number of likely N-dealkylation sites (N-methyl/N-ethyl adjacent to an activating group) is 1. The highest BCUT2D eigenvalue weighted by atomic mass is 16.5. The summed E-state index contributed by atoms with van der Waals surface area (Å²) in [6, 6.07) is 18.5. The summed E-state index contributed by atoms with van der Waals surface area (Å²) in [5.41, 5.74) is 3.40. The minimum Gasteiger partial charge on any atom is -0.489 e. The van der Waals surface area contributed by atoms with Gasteiger partial charge in [-0.3, -0.25) is 4.90 Å². The van der Waals surface area contributed by atoms with Gasteiger partial charge >= 0.3 is 0 Å². The Labute approximate surface area is 150 Å². The molecule has 1 atom stereocenters. The molecule has 1 heterocycles. The van der Waals surface area contributed by atoms with Gasteiger partial charge in [-0.1, -0.05) is 42.0 Å². The fourth-order valence-corrected chi connectivity index (χ4v) is 3.07. The first-order chi connectivity index (χ1) is 12.2. The summed E-state index contributed by atoms with van der Waals surface area (Å²) in [5.74, 6) is 0.812. The SMILES string of the molecule is Cc1ccc(COc2cccc(C(C#N)N3CCN(C)CC3)c2)cc1. The molecule has 0 saturated carbocycles. The summed E-state index contributed by atoms with van der Waals surface area (Å²) in [4.78, 5) is 4.55. The summed E-state index contributed by atoms with van der Waals surface area (Å²) in [7, 11) is 2.12. The monoisotopic (exact) mass is 335 g/mol. The maximum absolute atomic E-state index is 9.68. The molecule has 4 heteroatoms. The summed E-state index contributed by atoms with van der Waals surface area (Å²) < 4.78 is 5.94. The molecule has 1 unspecified atom stereocenters. The van der Waals surface area contributed by atoms with E-state index in [0.717, 1.165) is 43.1 Å². The molecule has 1 saturated heterocycles. The Balaban J connectivity index is 1.67. The van der Waals surface area contributed by atoms with Gasteiger partial charge in [0.1, 0.15) is 18.4 Å². The van der Waals surface area contributed by atoms with Gasteiger partial charge in [-0.15, -0.1) is 0 Å². The van der Waals surface area contributed by atoms with Crippen molar-refractivity contribution in [2.45, 2.75) is 19.6 Å². The summed E-state index contributed by atoms with van der Waals surface area (Å²) >= 11 is 0. The van der Waals surface area contributed by atoms with Crippen LogP contribution in [0.5, 0.6) is 5.75 Å². The van der Waals surface area contributed by atoms with Crippen molar-refractivity contribution in [3.63, 3.8) is 0 Å². The molecule has 0 bridgehead atoms. The molecule has 4 nitrogen and oxygen atoms in total. The molecule has 1 aliphatic rings. The highest BCUT2D eigenvalue weighted by Gasteiger charge is 2.23. The van der Waals surface area contributed by atoms with Crippen LogP contribution in [0, 0.1) is 18.3 Å². The van der Waals surface area contributed by atoms with Crippen LogP contribution in [0.1, 0.15) is 22.7 Å². The van der Waals surface area contributed by atoms with Gasteiger partial charge in [0.05, 0.1) is 6.07 Å². The lowest BCUT2D eigenvalue weighted by Gasteiger charge is -2.35. The van der Waals surface area contributed by atoms with E-state index in [9.17, 15) is 5.26 Å². The fraction of sp³-hybridized carbons (Fsp3) is 0.381. The van der Waals surface area contributed by atoms with Crippen molar-refractivity contribution in [1.29, 1.82) is 5.26 Å². The standard InChI is InChI=1S/C21H25N3O/c1-17-6-8-18(9-7-17)16-25-20-5-3-4-19(14-20)21(15-22)24-12-10-23(2)11-13-24/h3-9,14,21H,10-13,16H2,1-2H3. The van der Waals surface area contributed by atoms with Crippen LogP contribution in [0.25, 0.3) is 0 Å². The molecule has 2 aromatic carbocycles. The Kier molecular flexibility index (Phi) is 5.70. The van der Waals surface area contributed by atoms with Gasteiger partial charge in [0.25, 0.3) is 0 Å². The van der Waals surface area contributed by atoms with Crippen LogP contribution in [0.4, 0.5) is 0 Å². The Morgan fingerprint density at radius 2 is 1.80 bits per heavy atom. The maximum atomic E-state index is 9.68. The van der Waals surface area contributed by atoms with Gasteiger partial charge in [-0.05, 0) is 37.2 Å². The number of rotatable bonds is 5. The topological polar surface area (TPSA) is 39.5 Å². The van der Waals surface area contributed by atoms with Gasteiger partial charge in [0, 0.05) is 26.2 Å². The predicted octanol–water partition coefficient (Wildman–Crippen LogP) is 3.39. The zero-order chi connectivity index (χ0) is 17.6.